The van der Waals surface area contributed by atoms with E-state index in [2.05, 4.69) is 86.4 Å². The Morgan fingerprint density at radius 2 is 1.31 bits per heavy atom. The molecule has 1 aliphatic carbocycles. The Hall–Kier alpha value is -2.26. The SMILES string of the molecule is CC/C=C/CCc1ccc(C#Cc2ccc(CCC3CCC(C)CC3)cc2)cc1. The van der Waals surface area contributed by atoms with Crippen LogP contribution in [0.5, 0.6) is 0 Å². The maximum Gasteiger partial charge on any atom is 0.0249 e. The summed E-state index contributed by atoms with van der Waals surface area (Å²) in [6.07, 6.45) is 16.1. The molecule has 1 fully saturated rings. The molecule has 0 saturated heterocycles. The summed E-state index contributed by atoms with van der Waals surface area (Å²) in [5, 5.41) is 0. The molecule has 1 aliphatic rings. The van der Waals surface area contributed by atoms with Crippen LogP contribution >= 0.6 is 0 Å². The molecule has 0 heteroatoms. The van der Waals surface area contributed by atoms with Gasteiger partial charge in [0.15, 0.2) is 0 Å². The summed E-state index contributed by atoms with van der Waals surface area (Å²) < 4.78 is 0. The van der Waals surface area contributed by atoms with E-state index in [4.69, 9.17) is 0 Å². The first-order chi connectivity index (χ1) is 14.2. The monoisotopic (exact) mass is 384 g/mol. The van der Waals surface area contributed by atoms with Gasteiger partial charge in [0.2, 0.25) is 0 Å². The lowest BCUT2D eigenvalue weighted by Gasteiger charge is -2.26. The minimum absolute atomic E-state index is 0.941. The van der Waals surface area contributed by atoms with E-state index in [1.54, 1.807) is 0 Å². The van der Waals surface area contributed by atoms with Crippen molar-refractivity contribution in [1.29, 1.82) is 0 Å². The third-order valence-electron chi connectivity index (χ3n) is 6.24. The van der Waals surface area contributed by atoms with Gasteiger partial charge in [-0.15, -0.1) is 0 Å². The van der Waals surface area contributed by atoms with Crippen LogP contribution in [0.4, 0.5) is 0 Å². The van der Waals surface area contributed by atoms with Gasteiger partial charge in [-0.25, -0.2) is 0 Å². The molecule has 0 aliphatic heterocycles. The van der Waals surface area contributed by atoms with Crippen molar-refractivity contribution in [2.45, 2.75) is 71.6 Å². The highest BCUT2D eigenvalue weighted by molar-refractivity contribution is 5.44. The van der Waals surface area contributed by atoms with Gasteiger partial charge in [0.25, 0.3) is 0 Å². The van der Waals surface area contributed by atoms with E-state index in [0.717, 1.165) is 42.2 Å². The molecule has 152 valence electrons. The first-order valence-corrected chi connectivity index (χ1v) is 11.6. The second-order valence-corrected chi connectivity index (χ2v) is 8.73. The van der Waals surface area contributed by atoms with Crippen LogP contribution in [0.1, 0.15) is 81.0 Å². The van der Waals surface area contributed by atoms with Gasteiger partial charge in [0.05, 0.1) is 0 Å². The Morgan fingerprint density at radius 1 is 0.759 bits per heavy atom. The van der Waals surface area contributed by atoms with Crippen LogP contribution in [0.3, 0.4) is 0 Å². The van der Waals surface area contributed by atoms with Crippen LogP contribution in [0.2, 0.25) is 0 Å². The van der Waals surface area contributed by atoms with Gasteiger partial charge in [0, 0.05) is 11.1 Å². The molecule has 29 heavy (non-hydrogen) atoms. The first-order valence-electron chi connectivity index (χ1n) is 11.6. The van der Waals surface area contributed by atoms with Crippen LogP contribution in [-0.4, -0.2) is 0 Å². The zero-order chi connectivity index (χ0) is 20.3. The molecular formula is C29H36. The average Bonchev–Trinajstić information content (AvgIpc) is 2.76. The largest absolute Gasteiger partial charge is 0.0888 e. The van der Waals surface area contributed by atoms with Crippen LogP contribution in [0.15, 0.2) is 60.7 Å². The fraction of sp³-hybridized carbons (Fsp3) is 0.448. The maximum atomic E-state index is 3.32. The van der Waals surface area contributed by atoms with Crippen molar-refractivity contribution in [1.82, 2.24) is 0 Å². The molecule has 1 saturated carbocycles. The molecule has 0 radical (unpaired) electrons. The van der Waals surface area contributed by atoms with E-state index in [1.165, 1.54) is 49.7 Å². The number of hydrogen-bond donors (Lipinski definition) is 0. The van der Waals surface area contributed by atoms with Gasteiger partial charge in [-0.05, 0) is 79.3 Å². The van der Waals surface area contributed by atoms with E-state index < -0.39 is 0 Å². The van der Waals surface area contributed by atoms with Crippen molar-refractivity contribution in [3.8, 4) is 11.8 Å². The van der Waals surface area contributed by atoms with E-state index in [-0.39, 0.29) is 0 Å². The molecule has 0 aromatic heterocycles. The highest BCUT2D eigenvalue weighted by Gasteiger charge is 2.17. The van der Waals surface area contributed by atoms with Crippen molar-refractivity contribution in [2.24, 2.45) is 11.8 Å². The summed E-state index contributed by atoms with van der Waals surface area (Å²) in [6, 6.07) is 17.6. The number of aryl methyl sites for hydroxylation is 2. The van der Waals surface area contributed by atoms with Crippen molar-refractivity contribution in [2.75, 3.05) is 0 Å². The third-order valence-corrected chi connectivity index (χ3v) is 6.24. The lowest BCUT2D eigenvalue weighted by atomic mass is 9.80. The molecule has 0 spiro atoms. The fourth-order valence-electron chi connectivity index (χ4n) is 4.18. The lowest BCUT2D eigenvalue weighted by Crippen LogP contribution is -2.12. The summed E-state index contributed by atoms with van der Waals surface area (Å²) >= 11 is 0. The summed E-state index contributed by atoms with van der Waals surface area (Å²) in [5.41, 5.74) is 5.03. The fourth-order valence-corrected chi connectivity index (χ4v) is 4.18. The molecule has 3 rings (SSSR count). The topological polar surface area (TPSA) is 0 Å². The molecular weight excluding hydrogens is 348 g/mol. The van der Waals surface area contributed by atoms with Crippen molar-refractivity contribution in [3.63, 3.8) is 0 Å². The summed E-state index contributed by atoms with van der Waals surface area (Å²) in [7, 11) is 0. The van der Waals surface area contributed by atoms with Gasteiger partial charge in [-0.1, -0.05) is 87.8 Å². The minimum Gasteiger partial charge on any atom is -0.0888 e. The Bertz CT molecular complexity index is 803. The molecule has 0 bridgehead atoms. The third kappa shape index (κ3) is 7.58. The number of hydrogen-bond acceptors (Lipinski definition) is 0. The summed E-state index contributed by atoms with van der Waals surface area (Å²) in [5.74, 6) is 8.51. The predicted octanol–water partition coefficient (Wildman–Crippen LogP) is 7.74. The molecule has 0 nitrogen and oxygen atoms in total. The van der Waals surface area contributed by atoms with E-state index in [9.17, 15) is 0 Å². The quantitative estimate of drug-likeness (QED) is 0.338. The Balaban J connectivity index is 1.47. The van der Waals surface area contributed by atoms with Crippen LogP contribution in [0.25, 0.3) is 0 Å². The van der Waals surface area contributed by atoms with E-state index in [0.29, 0.717) is 0 Å². The molecule has 0 amide bonds. The minimum atomic E-state index is 0.941. The van der Waals surface area contributed by atoms with Crippen molar-refractivity contribution < 1.29 is 0 Å². The molecule has 2 aromatic carbocycles. The second-order valence-electron chi connectivity index (χ2n) is 8.73. The van der Waals surface area contributed by atoms with Crippen LogP contribution in [-0.2, 0) is 12.8 Å². The van der Waals surface area contributed by atoms with Crippen molar-refractivity contribution >= 4 is 0 Å². The van der Waals surface area contributed by atoms with Gasteiger partial charge >= 0.3 is 0 Å². The smallest absolute Gasteiger partial charge is 0.0249 e. The molecule has 0 atom stereocenters. The Morgan fingerprint density at radius 3 is 1.86 bits per heavy atom. The molecule has 0 unspecified atom stereocenters. The second kappa shape index (κ2) is 11.7. The Labute approximate surface area is 178 Å². The molecule has 0 heterocycles. The standard InChI is InChI=1S/C29H36/c1-3-4-5-6-7-25-12-14-27(15-13-25)18-19-29-22-20-28(21-23-29)17-16-26-10-8-24(2)9-11-26/h4-5,12-15,20-24,26H,3,6-11,16-17H2,1-2H3/b5-4+. The number of allylic oxidation sites excluding steroid dienone is 2. The van der Waals surface area contributed by atoms with Gasteiger partial charge < -0.3 is 0 Å². The number of benzene rings is 2. The molecule has 2 aromatic rings. The van der Waals surface area contributed by atoms with Gasteiger partial charge in [0.1, 0.15) is 0 Å². The summed E-state index contributed by atoms with van der Waals surface area (Å²) in [4.78, 5) is 0. The molecule has 0 N–H and O–H groups in total. The van der Waals surface area contributed by atoms with Crippen LogP contribution < -0.4 is 0 Å². The first kappa shape index (κ1) is 21.4. The van der Waals surface area contributed by atoms with Crippen LogP contribution in [0, 0.1) is 23.7 Å². The van der Waals surface area contributed by atoms with Gasteiger partial charge in [-0.3, -0.25) is 0 Å². The maximum absolute atomic E-state index is 3.32. The Kier molecular flexibility index (Phi) is 8.63. The number of rotatable bonds is 7. The normalized spacial score (nSPS) is 19.1. The zero-order valence-corrected chi connectivity index (χ0v) is 18.3. The highest BCUT2D eigenvalue weighted by atomic mass is 14.2. The average molecular weight is 385 g/mol. The van der Waals surface area contributed by atoms with Gasteiger partial charge in [-0.2, -0.15) is 0 Å². The predicted molar refractivity (Wildman–Crippen MR) is 126 cm³/mol. The highest BCUT2D eigenvalue weighted by Crippen LogP contribution is 2.31. The van der Waals surface area contributed by atoms with E-state index in [1.807, 2.05) is 0 Å². The van der Waals surface area contributed by atoms with E-state index >= 15 is 0 Å². The zero-order valence-electron chi connectivity index (χ0n) is 18.3. The lowest BCUT2D eigenvalue weighted by molar-refractivity contribution is 0.278. The van der Waals surface area contributed by atoms with Crippen molar-refractivity contribution in [3.05, 3.63) is 82.9 Å². The summed E-state index contributed by atoms with van der Waals surface area (Å²) in [6.45, 7) is 4.58.